The molecule has 0 aliphatic carbocycles. The molecule has 0 spiro atoms. The third-order valence-corrected chi connectivity index (χ3v) is 3.74. The minimum atomic E-state index is -0.317. The van der Waals surface area contributed by atoms with E-state index in [1.54, 1.807) is 11.0 Å². The van der Waals surface area contributed by atoms with E-state index in [1.807, 2.05) is 24.3 Å². The predicted octanol–water partition coefficient (Wildman–Crippen LogP) is 2.55. The molecule has 0 bridgehead atoms. The number of nitrogens with one attached hydrogen (secondary N) is 1. The summed E-state index contributed by atoms with van der Waals surface area (Å²) in [6, 6.07) is 13.7. The van der Waals surface area contributed by atoms with Crippen LogP contribution in [-0.4, -0.2) is 27.3 Å². The molecule has 0 saturated carbocycles. The van der Waals surface area contributed by atoms with Crippen LogP contribution in [0.5, 0.6) is 5.75 Å². The number of ether oxygens (including phenoxy) is 1. The standard InChI is InChI=1S/C19H19FN4O2/c20-17-5-7-18(8-6-17)26-10-9-19(25)22-11-15-1-3-16(4-2-15)12-24-14-21-13-23-24/h1-8,13-14H,9-12H2,(H,22,25). The van der Waals surface area contributed by atoms with Gasteiger partial charge in [-0.05, 0) is 35.4 Å². The summed E-state index contributed by atoms with van der Waals surface area (Å²) in [6.07, 6.45) is 3.41. The van der Waals surface area contributed by atoms with Crippen molar-refractivity contribution in [3.05, 3.63) is 78.1 Å². The number of carbonyl (C=O) groups is 1. The van der Waals surface area contributed by atoms with Crippen LogP contribution in [0.2, 0.25) is 0 Å². The van der Waals surface area contributed by atoms with Gasteiger partial charge in [-0.3, -0.25) is 4.79 Å². The van der Waals surface area contributed by atoms with Crippen molar-refractivity contribution in [1.29, 1.82) is 0 Å². The van der Waals surface area contributed by atoms with Gasteiger partial charge in [-0.15, -0.1) is 0 Å². The lowest BCUT2D eigenvalue weighted by atomic mass is 10.1. The van der Waals surface area contributed by atoms with Crippen LogP contribution in [0.25, 0.3) is 0 Å². The van der Waals surface area contributed by atoms with Gasteiger partial charge >= 0.3 is 0 Å². The molecule has 0 radical (unpaired) electrons. The number of hydrogen-bond acceptors (Lipinski definition) is 4. The monoisotopic (exact) mass is 354 g/mol. The summed E-state index contributed by atoms with van der Waals surface area (Å²) in [5.74, 6) is 0.128. The molecule has 134 valence electrons. The van der Waals surface area contributed by atoms with E-state index >= 15 is 0 Å². The topological polar surface area (TPSA) is 69.0 Å². The minimum absolute atomic E-state index is 0.0983. The van der Waals surface area contributed by atoms with E-state index in [1.165, 1.54) is 30.6 Å². The van der Waals surface area contributed by atoms with Crippen LogP contribution in [-0.2, 0) is 17.9 Å². The van der Waals surface area contributed by atoms with Gasteiger partial charge in [0.1, 0.15) is 24.2 Å². The molecule has 26 heavy (non-hydrogen) atoms. The van der Waals surface area contributed by atoms with Crippen LogP contribution in [0, 0.1) is 5.82 Å². The Hall–Kier alpha value is -3.22. The molecule has 1 heterocycles. The van der Waals surface area contributed by atoms with Gasteiger partial charge in [0, 0.05) is 6.54 Å². The number of halogens is 1. The van der Waals surface area contributed by atoms with Crippen molar-refractivity contribution < 1.29 is 13.9 Å². The molecule has 0 saturated heterocycles. The van der Waals surface area contributed by atoms with Crippen molar-refractivity contribution in [2.24, 2.45) is 0 Å². The van der Waals surface area contributed by atoms with Gasteiger partial charge < -0.3 is 10.1 Å². The van der Waals surface area contributed by atoms with Crippen LogP contribution in [0.15, 0.2) is 61.2 Å². The van der Waals surface area contributed by atoms with Gasteiger partial charge in [-0.2, -0.15) is 5.10 Å². The summed E-state index contributed by atoms with van der Waals surface area (Å²) < 4.78 is 19.9. The summed E-state index contributed by atoms with van der Waals surface area (Å²) >= 11 is 0. The van der Waals surface area contributed by atoms with Crippen molar-refractivity contribution >= 4 is 5.91 Å². The predicted molar refractivity (Wildman–Crippen MR) is 93.9 cm³/mol. The summed E-state index contributed by atoms with van der Waals surface area (Å²) in [5.41, 5.74) is 2.12. The summed E-state index contributed by atoms with van der Waals surface area (Å²) in [4.78, 5) is 15.8. The lowest BCUT2D eigenvalue weighted by Gasteiger charge is -2.08. The number of aromatic nitrogens is 3. The molecule has 0 aliphatic rings. The van der Waals surface area contributed by atoms with Crippen LogP contribution in [0.4, 0.5) is 4.39 Å². The third-order valence-electron chi connectivity index (χ3n) is 3.74. The van der Waals surface area contributed by atoms with Crippen molar-refractivity contribution in [3.63, 3.8) is 0 Å². The van der Waals surface area contributed by atoms with Gasteiger partial charge in [0.05, 0.1) is 19.6 Å². The second kappa shape index (κ2) is 8.75. The Balaban J connectivity index is 1.37. The fourth-order valence-corrected chi connectivity index (χ4v) is 2.35. The Morgan fingerprint density at radius 2 is 1.81 bits per heavy atom. The summed E-state index contributed by atoms with van der Waals surface area (Å²) in [7, 11) is 0. The average Bonchev–Trinajstić information content (AvgIpc) is 3.16. The molecule has 6 nitrogen and oxygen atoms in total. The number of rotatable bonds is 8. The molecule has 0 fully saturated rings. The largest absolute Gasteiger partial charge is 0.493 e. The quantitative estimate of drug-likeness (QED) is 0.675. The molecule has 3 aromatic rings. The Morgan fingerprint density at radius 3 is 2.50 bits per heavy atom. The second-order valence-electron chi connectivity index (χ2n) is 5.74. The van der Waals surface area contributed by atoms with Crippen molar-refractivity contribution in [1.82, 2.24) is 20.1 Å². The van der Waals surface area contributed by atoms with E-state index in [4.69, 9.17) is 4.74 Å². The zero-order chi connectivity index (χ0) is 18.2. The number of carbonyl (C=O) groups excluding carboxylic acids is 1. The van der Waals surface area contributed by atoms with Gasteiger partial charge in [0.15, 0.2) is 0 Å². The zero-order valence-corrected chi connectivity index (χ0v) is 14.1. The van der Waals surface area contributed by atoms with E-state index in [9.17, 15) is 9.18 Å². The fourth-order valence-electron chi connectivity index (χ4n) is 2.35. The highest BCUT2D eigenvalue weighted by molar-refractivity contribution is 5.76. The highest BCUT2D eigenvalue weighted by atomic mass is 19.1. The highest BCUT2D eigenvalue weighted by Gasteiger charge is 2.03. The van der Waals surface area contributed by atoms with E-state index in [2.05, 4.69) is 15.4 Å². The lowest BCUT2D eigenvalue weighted by molar-refractivity contribution is -0.121. The van der Waals surface area contributed by atoms with Gasteiger partial charge in [-0.25, -0.2) is 14.1 Å². The Bertz CT molecular complexity index is 818. The molecule has 2 aromatic carbocycles. The maximum absolute atomic E-state index is 12.8. The Kier molecular flexibility index (Phi) is 5.92. The second-order valence-corrected chi connectivity index (χ2v) is 5.74. The molecule has 7 heteroatoms. The van der Waals surface area contributed by atoms with E-state index in [0.717, 1.165) is 11.1 Å². The summed E-state index contributed by atoms with van der Waals surface area (Å²) in [6.45, 7) is 1.36. The lowest BCUT2D eigenvalue weighted by Crippen LogP contribution is -2.24. The SMILES string of the molecule is O=C(CCOc1ccc(F)cc1)NCc1ccc(Cn2cncn2)cc1. The van der Waals surface area contributed by atoms with Crippen molar-refractivity contribution in [2.75, 3.05) is 6.61 Å². The van der Waals surface area contributed by atoms with Crippen LogP contribution >= 0.6 is 0 Å². The van der Waals surface area contributed by atoms with Gasteiger partial charge in [0.25, 0.3) is 0 Å². The minimum Gasteiger partial charge on any atom is -0.493 e. The van der Waals surface area contributed by atoms with Crippen LogP contribution in [0.3, 0.4) is 0 Å². The maximum Gasteiger partial charge on any atom is 0.223 e. The third kappa shape index (κ3) is 5.41. The van der Waals surface area contributed by atoms with Crippen molar-refractivity contribution in [3.8, 4) is 5.75 Å². The first kappa shape index (κ1) is 17.6. The van der Waals surface area contributed by atoms with Gasteiger partial charge in [0.2, 0.25) is 5.91 Å². The number of amides is 1. The van der Waals surface area contributed by atoms with Gasteiger partial charge in [-0.1, -0.05) is 24.3 Å². The molecule has 0 atom stereocenters. The first-order valence-electron chi connectivity index (χ1n) is 8.24. The van der Waals surface area contributed by atoms with E-state index < -0.39 is 0 Å². The molecule has 1 aromatic heterocycles. The van der Waals surface area contributed by atoms with E-state index in [0.29, 0.717) is 18.8 Å². The average molecular weight is 354 g/mol. The molecule has 3 rings (SSSR count). The summed E-state index contributed by atoms with van der Waals surface area (Å²) in [5, 5.41) is 6.92. The first-order valence-corrected chi connectivity index (χ1v) is 8.24. The first-order chi connectivity index (χ1) is 12.7. The number of hydrogen-bond donors (Lipinski definition) is 1. The molecule has 0 aliphatic heterocycles. The van der Waals surface area contributed by atoms with Crippen LogP contribution in [0.1, 0.15) is 17.5 Å². The normalized spacial score (nSPS) is 10.5. The molecular weight excluding hydrogens is 335 g/mol. The maximum atomic E-state index is 12.8. The number of nitrogens with zero attached hydrogens (tertiary/aromatic N) is 3. The van der Waals surface area contributed by atoms with Crippen molar-refractivity contribution in [2.45, 2.75) is 19.5 Å². The highest BCUT2D eigenvalue weighted by Crippen LogP contribution is 2.11. The number of benzene rings is 2. The molecule has 0 unspecified atom stereocenters. The molecule has 1 N–H and O–H groups in total. The Labute approximate surface area is 150 Å². The van der Waals surface area contributed by atoms with E-state index in [-0.39, 0.29) is 24.8 Å². The molecular formula is C19H19FN4O2. The smallest absolute Gasteiger partial charge is 0.223 e. The van der Waals surface area contributed by atoms with Crippen LogP contribution < -0.4 is 10.1 Å². The zero-order valence-electron chi connectivity index (χ0n) is 14.1. The fraction of sp³-hybridized carbons (Fsp3) is 0.211. The molecule has 1 amide bonds. The Morgan fingerprint density at radius 1 is 1.08 bits per heavy atom.